The summed E-state index contributed by atoms with van der Waals surface area (Å²) in [6.07, 6.45) is 0.738. The van der Waals surface area contributed by atoms with Crippen molar-refractivity contribution in [3.8, 4) is 0 Å². The number of aryl methyl sites for hydroxylation is 1. The molecule has 0 fully saturated rings. The molecule has 3 aromatic carbocycles. The smallest absolute Gasteiger partial charge is 0.264 e. The van der Waals surface area contributed by atoms with Gasteiger partial charge in [-0.05, 0) is 68.7 Å². The molecule has 0 radical (unpaired) electrons. The first-order chi connectivity index (χ1) is 18.0. The SMILES string of the molecule is CC[C@@H](C)NC(=O)[C@@H](C)N(Cc1ccccc1C)C(=O)CN(c1cccc(Cl)c1)S(=O)(=O)c1ccccc1. The van der Waals surface area contributed by atoms with Crippen LogP contribution in [0.2, 0.25) is 5.02 Å². The Morgan fingerprint density at radius 2 is 1.61 bits per heavy atom. The monoisotopic (exact) mass is 555 g/mol. The normalized spacial score (nSPS) is 12.9. The fraction of sp³-hybridized carbons (Fsp3) is 0.310. The molecule has 0 bridgehead atoms. The van der Waals surface area contributed by atoms with Gasteiger partial charge in [0, 0.05) is 17.6 Å². The number of halogens is 1. The summed E-state index contributed by atoms with van der Waals surface area (Å²) in [5.74, 6) is -0.818. The van der Waals surface area contributed by atoms with E-state index in [9.17, 15) is 18.0 Å². The van der Waals surface area contributed by atoms with E-state index in [4.69, 9.17) is 11.6 Å². The summed E-state index contributed by atoms with van der Waals surface area (Å²) in [6.45, 7) is 7.08. The number of sulfonamides is 1. The van der Waals surface area contributed by atoms with Crippen molar-refractivity contribution in [2.24, 2.45) is 0 Å². The van der Waals surface area contributed by atoms with Crippen molar-refractivity contribution in [2.75, 3.05) is 10.8 Å². The minimum Gasteiger partial charge on any atom is -0.352 e. The third kappa shape index (κ3) is 7.14. The predicted molar refractivity (Wildman–Crippen MR) is 152 cm³/mol. The third-order valence-electron chi connectivity index (χ3n) is 6.48. The summed E-state index contributed by atoms with van der Waals surface area (Å²) in [5.41, 5.74) is 2.08. The summed E-state index contributed by atoms with van der Waals surface area (Å²) in [5, 5.41) is 3.27. The van der Waals surface area contributed by atoms with E-state index in [2.05, 4.69) is 5.32 Å². The fourth-order valence-electron chi connectivity index (χ4n) is 3.90. The van der Waals surface area contributed by atoms with Gasteiger partial charge in [0.1, 0.15) is 12.6 Å². The Kier molecular flexibility index (Phi) is 9.94. The minimum atomic E-state index is -4.12. The number of hydrogen-bond acceptors (Lipinski definition) is 4. The molecule has 7 nitrogen and oxygen atoms in total. The lowest BCUT2D eigenvalue weighted by Gasteiger charge is -2.32. The van der Waals surface area contributed by atoms with Crippen molar-refractivity contribution in [3.63, 3.8) is 0 Å². The molecule has 202 valence electrons. The van der Waals surface area contributed by atoms with Crippen LogP contribution >= 0.6 is 11.6 Å². The van der Waals surface area contributed by atoms with E-state index in [0.29, 0.717) is 5.02 Å². The van der Waals surface area contributed by atoms with Crippen LogP contribution in [0.5, 0.6) is 0 Å². The summed E-state index contributed by atoms with van der Waals surface area (Å²) in [7, 11) is -4.12. The van der Waals surface area contributed by atoms with E-state index in [0.717, 1.165) is 21.9 Å². The highest BCUT2D eigenvalue weighted by Crippen LogP contribution is 2.27. The first-order valence-electron chi connectivity index (χ1n) is 12.5. The van der Waals surface area contributed by atoms with Gasteiger partial charge in [-0.15, -0.1) is 0 Å². The van der Waals surface area contributed by atoms with Gasteiger partial charge in [-0.3, -0.25) is 13.9 Å². The molecule has 0 aliphatic heterocycles. The Balaban J connectivity index is 2.03. The minimum absolute atomic E-state index is 0.0424. The molecule has 0 spiro atoms. The van der Waals surface area contributed by atoms with Crippen LogP contribution in [0, 0.1) is 6.92 Å². The predicted octanol–water partition coefficient (Wildman–Crippen LogP) is 5.18. The molecule has 1 N–H and O–H groups in total. The van der Waals surface area contributed by atoms with Crippen molar-refractivity contribution in [1.29, 1.82) is 0 Å². The van der Waals surface area contributed by atoms with E-state index in [1.807, 2.05) is 45.0 Å². The Hall–Kier alpha value is -3.36. The molecule has 0 aliphatic rings. The Bertz CT molecular complexity index is 1370. The molecule has 0 heterocycles. The van der Waals surface area contributed by atoms with Crippen molar-refractivity contribution >= 4 is 39.1 Å². The maximum Gasteiger partial charge on any atom is 0.264 e. The van der Waals surface area contributed by atoms with E-state index < -0.39 is 28.5 Å². The molecule has 0 aromatic heterocycles. The number of nitrogens with zero attached hydrogens (tertiary/aromatic N) is 2. The molecule has 0 aliphatic carbocycles. The van der Waals surface area contributed by atoms with Gasteiger partial charge in [0.15, 0.2) is 0 Å². The van der Waals surface area contributed by atoms with Crippen LogP contribution in [-0.4, -0.2) is 43.8 Å². The van der Waals surface area contributed by atoms with Crippen LogP contribution in [0.15, 0.2) is 83.8 Å². The summed E-state index contributed by atoms with van der Waals surface area (Å²) in [6, 6.07) is 20.9. The fourth-order valence-corrected chi connectivity index (χ4v) is 5.51. The molecular weight excluding hydrogens is 522 g/mol. The lowest BCUT2D eigenvalue weighted by atomic mass is 10.1. The van der Waals surface area contributed by atoms with E-state index >= 15 is 0 Å². The second kappa shape index (κ2) is 12.9. The van der Waals surface area contributed by atoms with E-state index in [-0.39, 0.29) is 29.1 Å². The molecule has 2 amide bonds. The van der Waals surface area contributed by atoms with Crippen LogP contribution in [0.25, 0.3) is 0 Å². The lowest BCUT2D eigenvalue weighted by molar-refractivity contribution is -0.139. The number of carbonyl (C=O) groups excluding carboxylic acids is 2. The number of rotatable bonds is 11. The largest absolute Gasteiger partial charge is 0.352 e. The number of amides is 2. The number of carbonyl (C=O) groups is 2. The number of hydrogen-bond donors (Lipinski definition) is 1. The topological polar surface area (TPSA) is 86.8 Å². The third-order valence-corrected chi connectivity index (χ3v) is 8.50. The summed E-state index contributed by atoms with van der Waals surface area (Å²) in [4.78, 5) is 28.5. The van der Waals surface area contributed by atoms with Crippen LogP contribution in [0.3, 0.4) is 0 Å². The maximum absolute atomic E-state index is 13.9. The molecule has 3 aromatic rings. The Labute approximate surface area is 230 Å². The van der Waals surface area contributed by atoms with E-state index in [1.54, 1.807) is 43.3 Å². The summed E-state index contributed by atoms with van der Waals surface area (Å²) < 4.78 is 28.5. The quantitative estimate of drug-likeness (QED) is 0.353. The second-order valence-electron chi connectivity index (χ2n) is 9.25. The van der Waals surface area contributed by atoms with Crippen LogP contribution in [-0.2, 0) is 26.2 Å². The van der Waals surface area contributed by atoms with Gasteiger partial charge in [0.25, 0.3) is 10.0 Å². The lowest BCUT2D eigenvalue weighted by Crippen LogP contribution is -2.52. The molecular formula is C29H34ClN3O4S. The first kappa shape index (κ1) is 29.2. The Morgan fingerprint density at radius 3 is 2.24 bits per heavy atom. The summed E-state index contributed by atoms with van der Waals surface area (Å²) >= 11 is 6.19. The zero-order valence-electron chi connectivity index (χ0n) is 22.1. The van der Waals surface area contributed by atoms with Gasteiger partial charge in [0.2, 0.25) is 11.8 Å². The van der Waals surface area contributed by atoms with Crippen LogP contribution < -0.4 is 9.62 Å². The highest BCUT2D eigenvalue weighted by Gasteiger charge is 2.33. The Morgan fingerprint density at radius 1 is 0.947 bits per heavy atom. The number of anilines is 1. The molecule has 9 heteroatoms. The second-order valence-corrected chi connectivity index (χ2v) is 11.5. The molecule has 0 unspecified atom stereocenters. The molecule has 2 atom stereocenters. The van der Waals surface area contributed by atoms with Crippen molar-refractivity contribution in [1.82, 2.24) is 10.2 Å². The molecule has 3 rings (SSSR count). The molecule has 0 saturated carbocycles. The number of benzene rings is 3. The zero-order valence-corrected chi connectivity index (χ0v) is 23.7. The van der Waals surface area contributed by atoms with Crippen molar-refractivity contribution in [2.45, 2.75) is 57.6 Å². The average Bonchev–Trinajstić information content (AvgIpc) is 2.91. The first-order valence-corrected chi connectivity index (χ1v) is 14.3. The molecule has 0 saturated heterocycles. The number of nitrogens with one attached hydrogen (secondary N) is 1. The van der Waals surface area contributed by atoms with E-state index in [1.165, 1.54) is 23.1 Å². The van der Waals surface area contributed by atoms with Gasteiger partial charge in [-0.2, -0.15) is 0 Å². The van der Waals surface area contributed by atoms with Gasteiger partial charge < -0.3 is 10.2 Å². The highest BCUT2D eigenvalue weighted by atomic mass is 35.5. The molecule has 38 heavy (non-hydrogen) atoms. The zero-order chi connectivity index (χ0) is 27.9. The van der Waals surface area contributed by atoms with Crippen molar-refractivity contribution in [3.05, 3.63) is 95.0 Å². The highest BCUT2D eigenvalue weighted by molar-refractivity contribution is 7.92. The van der Waals surface area contributed by atoms with Gasteiger partial charge in [-0.1, -0.05) is 67.1 Å². The van der Waals surface area contributed by atoms with Crippen LogP contribution in [0.1, 0.15) is 38.3 Å². The average molecular weight is 556 g/mol. The standard InChI is InChI=1S/C29H34ClN3O4S/c1-5-22(3)31-29(35)23(4)32(19-24-13-10-9-12-21(24)2)28(34)20-33(26-15-11-14-25(30)18-26)38(36,37)27-16-7-6-8-17-27/h6-18,22-23H,5,19-20H2,1-4H3,(H,31,35)/t22-,23-/m1/s1. The van der Waals surface area contributed by atoms with Gasteiger partial charge >= 0.3 is 0 Å². The van der Waals surface area contributed by atoms with Gasteiger partial charge in [-0.25, -0.2) is 8.42 Å². The van der Waals surface area contributed by atoms with Gasteiger partial charge in [0.05, 0.1) is 10.6 Å². The van der Waals surface area contributed by atoms with Crippen molar-refractivity contribution < 1.29 is 18.0 Å². The van der Waals surface area contributed by atoms with Crippen LogP contribution in [0.4, 0.5) is 5.69 Å². The maximum atomic E-state index is 13.9.